The number of alkyl carbamates (subject to hydrolysis) is 1. The number of nitrogens with zero attached hydrogens (tertiary/aromatic N) is 1. The fourth-order valence-corrected chi connectivity index (χ4v) is 4.94. The number of carbonyl (C=O) groups excluding carboxylic acids is 2. The zero-order chi connectivity index (χ0) is 23.4. The average molecular weight is 451 g/mol. The van der Waals surface area contributed by atoms with Crippen LogP contribution < -0.4 is 5.32 Å². The lowest BCUT2D eigenvalue weighted by Crippen LogP contribution is -2.41. The third-order valence-corrected chi connectivity index (χ3v) is 6.67. The topological polar surface area (TPSA) is 95.9 Å². The van der Waals surface area contributed by atoms with E-state index < -0.39 is 18.0 Å². The monoisotopic (exact) mass is 450 g/mol. The molecule has 2 aliphatic rings. The van der Waals surface area contributed by atoms with Crippen LogP contribution in [0.2, 0.25) is 0 Å². The summed E-state index contributed by atoms with van der Waals surface area (Å²) in [5.41, 5.74) is 4.63. The number of amides is 2. The number of fused-ring (bicyclic) bond motifs is 3. The molecule has 2 atom stereocenters. The van der Waals surface area contributed by atoms with Gasteiger partial charge >= 0.3 is 12.1 Å². The SMILES string of the molecule is CCCC(CNC(=O)OCC1c2ccccc2-c2ccccc21)C(=O)N1CCC(C(=O)O)C1. The molecule has 1 fully saturated rings. The van der Waals surface area contributed by atoms with E-state index in [9.17, 15) is 19.5 Å². The van der Waals surface area contributed by atoms with Crippen molar-refractivity contribution in [2.45, 2.75) is 32.1 Å². The first-order valence-electron chi connectivity index (χ1n) is 11.6. The van der Waals surface area contributed by atoms with Gasteiger partial charge in [-0.1, -0.05) is 61.9 Å². The Kier molecular flexibility index (Phi) is 6.96. The van der Waals surface area contributed by atoms with Gasteiger partial charge in [0.15, 0.2) is 0 Å². The normalized spacial score (nSPS) is 17.8. The van der Waals surface area contributed by atoms with Crippen molar-refractivity contribution in [2.24, 2.45) is 11.8 Å². The van der Waals surface area contributed by atoms with E-state index in [0.717, 1.165) is 17.5 Å². The van der Waals surface area contributed by atoms with Crippen LogP contribution in [0.3, 0.4) is 0 Å². The van der Waals surface area contributed by atoms with Crippen LogP contribution in [-0.2, 0) is 14.3 Å². The first kappa shape index (κ1) is 22.8. The van der Waals surface area contributed by atoms with Gasteiger partial charge in [0.05, 0.1) is 11.8 Å². The second-order valence-corrected chi connectivity index (χ2v) is 8.80. The summed E-state index contributed by atoms with van der Waals surface area (Å²) in [5, 5.41) is 11.9. The summed E-state index contributed by atoms with van der Waals surface area (Å²) in [6, 6.07) is 16.3. The van der Waals surface area contributed by atoms with Crippen molar-refractivity contribution in [3.8, 4) is 11.1 Å². The van der Waals surface area contributed by atoms with Crippen LogP contribution in [0.15, 0.2) is 48.5 Å². The molecule has 2 aromatic rings. The van der Waals surface area contributed by atoms with Gasteiger partial charge in [-0.15, -0.1) is 0 Å². The number of nitrogens with one attached hydrogen (secondary N) is 1. The first-order valence-corrected chi connectivity index (χ1v) is 11.6. The zero-order valence-electron chi connectivity index (χ0n) is 18.8. The molecule has 1 heterocycles. The quantitative estimate of drug-likeness (QED) is 0.636. The molecule has 0 aromatic heterocycles. The molecule has 2 amide bonds. The molecule has 1 saturated heterocycles. The van der Waals surface area contributed by atoms with E-state index in [1.165, 1.54) is 11.1 Å². The number of aliphatic carboxylic acids is 1. The minimum Gasteiger partial charge on any atom is -0.481 e. The molecule has 0 spiro atoms. The van der Waals surface area contributed by atoms with Gasteiger partial charge < -0.3 is 20.1 Å². The van der Waals surface area contributed by atoms with E-state index in [2.05, 4.69) is 29.6 Å². The first-order chi connectivity index (χ1) is 16.0. The molecule has 7 heteroatoms. The summed E-state index contributed by atoms with van der Waals surface area (Å²) >= 11 is 0. The summed E-state index contributed by atoms with van der Waals surface area (Å²) < 4.78 is 5.57. The summed E-state index contributed by atoms with van der Waals surface area (Å²) in [5.74, 6) is -1.88. The van der Waals surface area contributed by atoms with Crippen LogP contribution in [-0.4, -0.2) is 54.2 Å². The Bertz CT molecular complexity index is 991. The second-order valence-electron chi connectivity index (χ2n) is 8.80. The maximum Gasteiger partial charge on any atom is 0.407 e. The molecule has 0 bridgehead atoms. The average Bonchev–Trinajstić information content (AvgIpc) is 3.44. The molecule has 2 aromatic carbocycles. The molecule has 1 aliphatic heterocycles. The van der Waals surface area contributed by atoms with E-state index in [1.54, 1.807) is 4.90 Å². The van der Waals surface area contributed by atoms with Gasteiger partial charge in [-0.25, -0.2) is 4.79 Å². The third kappa shape index (κ3) is 4.87. The van der Waals surface area contributed by atoms with Crippen molar-refractivity contribution in [3.05, 3.63) is 59.7 Å². The van der Waals surface area contributed by atoms with Gasteiger partial charge in [0, 0.05) is 25.6 Å². The van der Waals surface area contributed by atoms with E-state index >= 15 is 0 Å². The largest absolute Gasteiger partial charge is 0.481 e. The number of benzene rings is 2. The highest BCUT2D eigenvalue weighted by Gasteiger charge is 2.34. The molecule has 2 unspecified atom stereocenters. The summed E-state index contributed by atoms with van der Waals surface area (Å²) in [6.07, 6.45) is 1.34. The highest BCUT2D eigenvalue weighted by atomic mass is 16.5. The Morgan fingerprint density at radius 3 is 2.30 bits per heavy atom. The van der Waals surface area contributed by atoms with Crippen molar-refractivity contribution < 1.29 is 24.2 Å². The Morgan fingerprint density at radius 1 is 1.09 bits per heavy atom. The van der Waals surface area contributed by atoms with Gasteiger partial charge in [0.2, 0.25) is 5.91 Å². The van der Waals surface area contributed by atoms with E-state index in [1.807, 2.05) is 31.2 Å². The van der Waals surface area contributed by atoms with Crippen LogP contribution in [0.25, 0.3) is 11.1 Å². The Morgan fingerprint density at radius 2 is 1.73 bits per heavy atom. The fourth-order valence-electron chi connectivity index (χ4n) is 4.94. The molecular weight excluding hydrogens is 420 g/mol. The van der Waals surface area contributed by atoms with E-state index in [0.29, 0.717) is 19.4 Å². The minimum atomic E-state index is -0.867. The van der Waals surface area contributed by atoms with Crippen molar-refractivity contribution in [1.29, 1.82) is 0 Å². The van der Waals surface area contributed by atoms with Crippen LogP contribution in [0.5, 0.6) is 0 Å². The smallest absolute Gasteiger partial charge is 0.407 e. The summed E-state index contributed by atoms with van der Waals surface area (Å²) in [7, 11) is 0. The van der Waals surface area contributed by atoms with Crippen molar-refractivity contribution in [3.63, 3.8) is 0 Å². The zero-order valence-corrected chi connectivity index (χ0v) is 18.8. The van der Waals surface area contributed by atoms with Gasteiger partial charge in [0.1, 0.15) is 6.61 Å². The number of hydrogen-bond acceptors (Lipinski definition) is 4. The van der Waals surface area contributed by atoms with Gasteiger partial charge in [-0.05, 0) is 35.1 Å². The predicted molar refractivity (Wildman–Crippen MR) is 124 cm³/mol. The number of rotatable bonds is 8. The number of carbonyl (C=O) groups is 3. The molecule has 33 heavy (non-hydrogen) atoms. The van der Waals surface area contributed by atoms with Crippen molar-refractivity contribution in [1.82, 2.24) is 10.2 Å². The summed E-state index contributed by atoms with van der Waals surface area (Å²) in [4.78, 5) is 38.2. The lowest BCUT2D eigenvalue weighted by molar-refractivity contribution is -0.141. The molecule has 1 aliphatic carbocycles. The molecule has 7 nitrogen and oxygen atoms in total. The Hall–Kier alpha value is -3.35. The summed E-state index contributed by atoms with van der Waals surface area (Å²) in [6.45, 7) is 3.06. The third-order valence-electron chi connectivity index (χ3n) is 6.67. The van der Waals surface area contributed by atoms with Crippen molar-refractivity contribution in [2.75, 3.05) is 26.2 Å². The van der Waals surface area contributed by atoms with Crippen LogP contribution in [0.1, 0.15) is 43.2 Å². The van der Waals surface area contributed by atoms with E-state index in [4.69, 9.17) is 4.74 Å². The van der Waals surface area contributed by atoms with Gasteiger partial charge in [-0.3, -0.25) is 9.59 Å². The van der Waals surface area contributed by atoms with Crippen LogP contribution in [0, 0.1) is 11.8 Å². The molecule has 0 saturated carbocycles. The number of carboxylic acid groups (broad SMARTS) is 1. The maximum absolute atomic E-state index is 12.9. The molecule has 2 N–H and O–H groups in total. The molecule has 4 rings (SSSR count). The lowest BCUT2D eigenvalue weighted by Gasteiger charge is -2.23. The highest BCUT2D eigenvalue weighted by molar-refractivity contribution is 5.82. The number of ether oxygens (including phenoxy) is 1. The maximum atomic E-state index is 12.9. The lowest BCUT2D eigenvalue weighted by atomic mass is 9.98. The standard InChI is InChI=1S/C26H30N2O5/c1-2-7-17(24(29)28-13-12-18(15-28)25(30)31)14-27-26(32)33-16-23-21-10-5-3-8-19(21)20-9-4-6-11-22(20)23/h3-6,8-11,17-18,23H,2,7,12-16H2,1H3,(H,27,32)(H,30,31). The number of carboxylic acids is 1. The fraction of sp³-hybridized carbons (Fsp3) is 0.423. The molecular formula is C26H30N2O5. The van der Waals surface area contributed by atoms with Gasteiger partial charge in [-0.2, -0.15) is 0 Å². The Balaban J connectivity index is 1.33. The second kappa shape index (κ2) is 10.1. The van der Waals surface area contributed by atoms with Crippen LogP contribution >= 0.6 is 0 Å². The van der Waals surface area contributed by atoms with Crippen molar-refractivity contribution >= 4 is 18.0 Å². The molecule has 174 valence electrons. The van der Waals surface area contributed by atoms with E-state index in [-0.39, 0.29) is 37.4 Å². The highest BCUT2D eigenvalue weighted by Crippen LogP contribution is 2.44. The minimum absolute atomic E-state index is 0.0197. The predicted octanol–water partition coefficient (Wildman–Crippen LogP) is 3.87. The van der Waals surface area contributed by atoms with Crippen LogP contribution in [0.4, 0.5) is 4.79 Å². The Labute approximate surface area is 193 Å². The number of likely N-dealkylation sites (tertiary alicyclic amines) is 1. The van der Waals surface area contributed by atoms with Gasteiger partial charge in [0.25, 0.3) is 0 Å². The number of hydrogen-bond donors (Lipinski definition) is 2. The molecule has 0 radical (unpaired) electrons.